The van der Waals surface area contributed by atoms with E-state index in [4.69, 9.17) is 10.7 Å². The fourth-order valence-electron chi connectivity index (χ4n) is 1.41. The lowest BCUT2D eigenvalue weighted by atomic mass is 10.1. The summed E-state index contributed by atoms with van der Waals surface area (Å²) in [5, 5.41) is 0. The minimum atomic E-state index is -4.81. The molecule has 0 saturated heterocycles. The van der Waals surface area contributed by atoms with Gasteiger partial charge in [0, 0.05) is 10.7 Å². The molecule has 1 N–H and O–H groups in total. The van der Waals surface area contributed by atoms with E-state index in [1.54, 1.807) is 4.72 Å². The maximum atomic E-state index is 12.3. The van der Waals surface area contributed by atoms with Gasteiger partial charge in [0.15, 0.2) is 0 Å². The Balaban J connectivity index is 3.35. The summed E-state index contributed by atoms with van der Waals surface area (Å²) in [5.41, 5.74) is 0.247. The van der Waals surface area contributed by atoms with Crippen molar-refractivity contribution in [1.29, 1.82) is 0 Å². The van der Waals surface area contributed by atoms with Crippen molar-refractivity contribution < 1.29 is 25.6 Å². The molecule has 5 nitrogen and oxygen atoms in total. The van der Waals surface area contributed by atoms with Crippen LogP contribution < -0.4 is 4.72 Å². The lowest BCUT2D eigenvalue weighted by Crippen LogP contribution is -2.21. The summed E-state index contributed by atoms with van der Waals surface area (Å²) in [6.45, 7) is 2.75. The van der Waals surface area contributed by atoms with Crippen LogP contribution in [-0.4, -0.2) is 22.6 Å². The maximum absolute atomic E-state index is 12.3. The van der Waals surface area contributed by atoms with Gasteiger partial charge in [-0.1, -0.05) is 0 Å². The highest BCUT2D eigenvalue weighted by atomic mass is 35.7. The molecule has 19 heavy (non-hydrogen) atoms. The highest BCUT2D eigenvalue weighted by Crippen LogP contribution is 2.28. The van der Waals surface area contributed by atoms with Crippen LogP contribution in [0, 0.1) is 13.8 Å². The molecule has 0 spiro atoms. The second-order valence-electron chi connectivity index (χ2n) is 3.78. The first kappa shape index (κ1) is 16.1. The van der Waals surface area contributed by atoms with E-state index in [9.17, 15) is 25.6 Å². The van der Waals surface area contributed by atoms with Crippen molar-refractivity contribution in [2.45, 2.75) is 24.5 Å². The van der Waals surface area contributed by atoms with E-state index in [0.29, 0.717) is 0 Å². The smallest absolute Gasteiger partial charge is 0.278 e. The van der Waals surface area contributed by atoms with Gasteiger partial charge in [-0.3, -0.25) is 4.72 Å². The highest BCUT2D eigenvalue weighted by molar-refractivity contribution is 8.13. The molecule has 1 aromatic carbocycles. The van der Waals surface area contributed by atoms with E-state index < -0.39 is 24.8 Å². The van der Waals surface area contributed by atoms with Gasteiger partial charge in [-0.05, 0) is 37.1 Å². The van der Waals surface area contributed by atoms with Crippen LogP contribution in [-0.2, 0) is 19.1 Å². The Bertz CT molecular complexity index is 678. The molecule has 0 radical (unpaired) electrons. The molecule has 1 rings (SSSR count). The van der Waals surface area contributed by atoms with Crippen LogP contribution >= 0.6 is 10.7 Å². The van der Waals surface area contributed by atoms with Gasteiger partial charge < -0.3 is 0 Å². The number of alkyl halides is 2. The molecule has 0 fully saturated rings. The van der Waals surface area contributed by atoms with Gasteiger partial charge in [0.2, 0.25) is 0 Å². The summed E-state index contributed by atoms with van der Waals surface area (Å²) in [7, 11) is -3.64. The average molecular weight is 334 g/mol. The molecule has 0 aliphatic heterocycles. The standard InChI is InChI=1S/C9H10ClF2NO4S2/c1-5-3-7(18(10,14)15)4-6(2)8(5)13-19(16,17)9(11)12/h3-4,9,13H,1-2H3. The molecule has 1 aromatic rings. The van der Waals surface area contributed by atoms with E-state index >= 15 is 0 Å². The number of rotatable bonds is 4. The van der Waals surface area contributed by atoms with E-state index in [1.165, 1.54) is 13.8 Å². The first-order chi connectivity index (χ1) is 8.45. The van der Waals surface area contributed by atoms with Crippen LogP contribution in [0.3, 0.4) is 0 Å². The van der Waals surface area contributed by atoms with Crippen molar-refractivity contribution in [3.05, 3.63) is 23.3 Å². The van der Waals surface area contributed by atoms with Crippen LogP contribution in [0.2, 0.25) is 0 Å². The van der Waals surface area contributed by atoms with Crippen molar-refractivity contribution >= 4 is 35.4 Å². The fourth-order valence-corrected chi connectivity index (χ4v) is 3.01. The van der Waals surface area contributed by atoms with Gasteiger partial charge >= 0.3 is 5.76 Å². The zero-order valence-corrected chi connectivity index (χ0v) is 12.2. The van der Waals surface area contributed by atoms with Crippen LogP contribution in [0.4, 0.5) is 14.5 Å². The Morgan fingerprint density at radius 2 is 1.53 bits per heavy atom. The Hall–Kier alpha value is -0.930. The number of halogens is 3. The molecule has 0 bridgehead atoms. The molecule has 10 heteroatoms. The molecule has 0 aliphatic rings. The fraction of sp³-hybridized carbons (Fsp3) is 0.333. The highest BCUT2D eigenvalue weighted by Gasteiger charge is 2.25. The predicted octanol–water partition coefficient (Wildman–Crippen LogP) is 2.20. The first-order valence-corrected chi connectivity index (χ1v) is 8.66. The van der Waals surface area contributed by atoms with Crippen molar-refractivity contribution in [3.8, 4) is 0 Å². The maximum Gasteiger partial charge on any atom is 0.355 e. The third-order valence-corrected chi connectivity index (χ3v) is 4.56. The van der Waals surface area contributed by atoms with Crippen molar-refractivity contribution in [2.75, 3.05) is 4.72 Å². The van der Waals surface area contributed by atoms with E-state index in [0.717, 1.165) is 12.1 Å². The van der Waals surface area contributed by atoms with Gasteiger partial charge in [-0.15, -0.1) is 0 Å². The molecule has 0 unspecified atom stereocenters. The Morgan fingerprint density at radius 3 is 1.84 bits per heavy atom. The number of hydrogen-bond donors (Lipinski definition) is 1. The van der Waals surface area contributed by atoms with Crippen molar-refractivity contribution in [3.63, 3.8) is 0 Å². The summed E-state index contributed by atoms with van der Waals surface area (Å²) in [5.74, 6) is -3.58. The molecular formula is C9H10ClF2NO4S2. The molecule has 0 aliphatic carbocycles. The Labute approximate surface area is 114 Å². The number of benzene rings is 1. The summed E-state index contributed by atoms with van der Waals surface area (Å²) >= 11 is 0. The predicted molar refractivity (Wildman–Crippen MR) is 67.5 cm³/mol. The minimum Gasteiger partial charge on any atom is -0.278 e. The number of hydrogen-bond acceptors (Lipinski definition) is 4. The second-order valence-corrected chi connectivity index (χ2v) is 7.99. The van der Waals surface area contributed by atoms with Crippen LogP contribution in [0.5, 0.6) is 0 Å². The third-order valence-electron chi connectivity index (χ3n) is 2.27. The van der Waals surface area contributed by atoms with Crippen molar-refractivity contribution in [1.82, 2.24) is 0 Å². The number of anilines is 1. The first-order valence-electron chi connectivity index (χ1n) is 4.81. The molecule has 0 saturated carbocycles. The lowest BCUT2D eigenvalue weighted by Gasteiger charge is -2.13. The third kappa shape index (κ3) is 3.77. The normalized spacial score (nSPS) is 12.7. The largest absolute Gasteiger partial charge is 0.355 e. The molecule has 0 amide bonds. The lowest BCUT2D eigenvalue weighted by molar-refractivity contribution is 0.236. The van der Waals surface area contributed by atoms with E-state index in [-0.39, 0.29) is 21.7 Å². The second kappa shape index (κ2) is 5.22. The zero-order chi connectivity index (χ0) is 15.0. The van der Waals surface area contributed by atoms with Gasteiger partial charge in [-0.25, -0.2) is 16.8 Å². The van der Waals surface area contributed by atoms with E-state index in [2.05, 4.69) is 0 Å². The van der Waals surface area contributed by atoms with E-state index in [1.807, 2.05) is 0 Å². The van der Waals surface area contributed by atoms with Gasteiger partial charge in [0.1, 0.15) is 0 Å². The Morgan fingerprint density at radius 1 is 1.11 bits per heavy atom. The van der Waals surface area contributed by atoms with Gasteiger partial charge in [0.25, 0.3) is 19.1 Å². The molecule has 0 atom stereocenters. The number of sulfonamides is 1. The summed E-state index contributed by atoms with van der Waals surface area (Å²) in [6.07, 6.45) is 0. The monoisotopic (exact) mass is 333 g/mol. The molecule has 0 aromatic heterocycles. The van der Waals surface area contributed by atoms with Crippen LogP contribution in [0.25, 0.3) is 0 Å². The summed E-state index contributed by atoms with van der Waals surface area (Å²) in [6, 6.07) is 2.19. The topological polar surface area (TPSA) is 80.3 Å². The minimum absolute atomic E-state index is 0.0932. The van der Waals surface area contributed by atoms with Gasteiger partial charge in [0.05, 0.1) is 10.6 Å². The van der Waals surface area contributed by atoms with Crippen molar-refractivity contribution in [2.24, 2.45) is 0 Å². The summed E-state index contributed by atoms with van der Waals surface area (Å²) in [4.78, 5) is -0.232. The molecular weight excluding hydrogens is 324 g/mol. The molecule has 0 heterocycles. The average Bonchev–Trinajstić information content (AvgIpc) is 2.21. The Kier molecular flexibility index (Phi) is 4.43. The number of nitrogens with one attached hydrogen (secondary N) is 1. The number of aryl methyl sites for hydroxylation is 2. The van der Waals surface area contributed by atoms with Gasteiger partial charge in [-0.2, -0.15) is 8.78 Å². The SMILES string of the molecule is Cc1cc(S(=O)(=O)Cl)cc(C)c1NS(=O)(=O)C(F)F. The quantitative estimate of drug-likeness (QED) is 0.856. The zero-order valence-electron chi connectivity index (χ0n) is 9.82. The summed E-state index contributed by atoms with van der Waals surface area (Å²) < 4.78 is 70.7. The van der Waals surface area contributed by atoms with Crippen LogP contribution in [0.1, 0.15) is 11.1 Å². The van der Waals surface area contributed by atoms with Crippen LogP contribution in [0.15, 0.2) is 17.0 Å². The molecule has 108 valence electrons.